The van der Waals surface area contributed by atoms with Crippen LogP contribution in [0.2, 0.25) is 0 Å². The van der Waals surface area contributed by atoms with Gasteiger partial charge < -0.3 is 14.8 Å². The third-order valence-electron chi connectivity index (χ3n) is 5.19. The van der Waals surface area contributed by atoms with E-state index in [1.54, 1.807) is 6.92 Å². The second kappa shape index (κ2) is 10.2. The molecule has 0 fully saturated rings. The van der Waals surface area contributed by atoms with Crippen LogP contribution >= 0.6 is 11.3 Å². The lowest BCUT2D eigenvalue weighted by Crippen LogP contribution is -2.22. The molecule has 0 radical (unpaired) electrons. The van der Waals surface area contributed by atoms with Crippen LogP contribution in [0.1, 0.15) is 54.7 Å². The number of amides is 1. The summed E-state index contributed by atoms with van der Waals surface area (Å²) in [4.78, 5) is 25.5. The minimum absolute atomic E-state index is 0.119. The SMILES string of the molecule is CCOC(=O)c1c(-c2ccc(C)cc2)csc1NC(=O)COc1ccc(C)cc1C(C)(C)C. The molecule has 1 N–H and O–H groups in total. The van der Waals surface area contributed by atoms with E-state index in [2.05, 4.69) is 32.2 Å². The summed E-state index contributed by atoms with van der Waals surface area (Å²) in [6, 6.07) is 13.8. The molecular weight excluding hydrogens is 434 g/mol. The molecule has 2 aromatic carbocycles. The molecule has 6 heteroatoms. The van der Waals surface area contributed by atoms with Crippen LogP contribution in [0.4, 0.5) is 5.00 Å². The van der Waals surface area contributed by atoms with Crippen molar-refractivity contribution < 1.29 is 19.1 Å². The van der Waals surface area contributed by atoms with Gasteiger partial charge in [-0.25, -0.2) is 4.79 Å². The number of hydrogen-bond acceptors (Lipinski definition) is 5. The summed E-state index contributed by atoms with van der Waals surface area (Å²) in [5.41, 5.74) is 5.19. The highest BCUT2D eigenvalue weighted by atomic mass is 32.1. The topological polar surface area (TPSA) is 64.6 Å². The summed E-state index contributed by atoms with van der Waals surface area (Å²) < 4.78 is 11.2. The van der Waals surface area contributed by atoms with Crippen LogP contribution < -0.4 is 10.1 Å². The average Bonchev–Trinajstić information content (AvgIpc) is 3.16. The highest BCUT2D eigenvalue weighted by Crippen LogP contribution is 2.37. The first-order valence-electron chi connectivity index (χ1n) is 11.0. The van der Waals surface area contributed by atoms with Crippen LogP contribution in [-0.4, -0.2) is 25.1 Å². The lowest BCUT2D eigenvalue weighted by molar-refractivity contribution is -0.118. The van der Waals surface area contributed by atoms with Gasteiger partial charge in [-0.1, -0.05) is 68.3 Å². The number of aryl methyl sites for hydroxylation is 2. The first-order valence-corrected chi connectivity index (χ1v) is 11.9. The maximum atomic E-state index is 12.8. The molecule has 0 spiro atoms. The molecule has 5 nitrogen and oxygen atoms in total. The van der Waals surface area contributed by atoms with Crippen molar-refractivity contribution in [2.45, 2.75) is 47.0 Å². The minimum atomic E-state index is -0.459. The molecule has 0 bridgehead atoms. The fourth-order valence-electron chi connectivity index (χ4n) is 3.46. The highest BCUT2D eigenvalue weighted by molar-refractivity contribution is 7.15. The lowest BCUT2D eigenvalue weighted by Gasteiger charge is -2.23. The van der Waals surface area contributed by atoms with Gasteiger partial charge in [0.15, 0.2) is 6.61 Å². The maximum Gasteiger partial charge on any atom is 0.341 e. The summed E-state index contributed by atoms with van der Waals surface area (Å²) in [5, 5.41) is 5.17. The van der Waals surface area contributed by atoms with Crippen LogP contribution in [0.3, 0.4) is 0 Å². The fraction of sp³-hybridized carbons (Fsp3) is 0.333. The largest absolute Gasteiger partial charge is 0.483 e. The Bertz CT molecular complexity index is 1140. The van der Waals surface area contributed by atoms with E-state index in [0.29, 0.717) is 16.3 Å². The van der Waals surface area contributed by atoms with Crippen molar-refractivity contribution in [2.24, 2.45) is 0 Å². The lowest BCUT2D eigenvalue weighted by atomic mass is 9.85. The van der Waals surface area contributed by atoms with Crippen molar-refractivity contribution >= 4 is 28.2 Å². The number of esters is 1. The summed E-state index contributed by atoms with van der Waals surface area (Å²) in [6.07, 6.45) is 0. The van der Waals surface area contributed by atoms with Gasteiger partial charge in [-0.3, -0.25) is 4.79 Å². The van der Waals surface area contributed by atoms with Gasteiger partial charge in [0.2, 0.25) is 0 Å². The van der Waals surface area contributed by atoms with E-state index in [1.165, 1.54) is 11.3 Å². The molecule has 33 heavy (non-hydrogen) atoms. The van der Waals surface area contributed by atoms with Crippen molar-refractivity contribution in [1.29, 1.82) is 0 Å². The number of carbonyl (C=O) groups is 2. The summed E-state index contributed by atoms with van der Waals surface area (Å²) in [7, 11) is 0. The van der Waals surface area contributed by atoms with Crippen LogP contribution in [0.15, 0.2) is 47.8 Å². The molecule has 0 aliphatic carbocycles. The zero-order valence-electron chi connectivity index (χ0n) is 20.1. The molecule has 0 unspecified atom stereocenters. The van der Waals surface area contributed by atoms with Gasteiger partial charge in [0, 0.05) is 10.9 Å². The normalized spacial score (nSPS) is 11.2. The first kappa shape index (κ1) is 24.5. The van der Waals surface area contributed by atoms with Crippen molar-refractivity contribution in [1.82, 2.24) is 0 Å². The second-order valence-corrected chi connectivity index (χ2v) is 9.91. The van der Waals surface area contributed by atoms with Gasteiger partial charge in [0.25, 0.3) is 5.91 Å². The predicted octanol–water partition coefficient (Wildman–Crippen LogP) is 6.52. The summed E-state index contributed by atoms with van der Waals surface area (Å²) in [6.45, 7) is 12.2. The van der Waals surface area contributed by atoms with Gasteiger partial charge in [0.1, 0.15) is 16.3 Å². The van der Waals surface area contributed by atoms with E-state index >= 15 is 0 Å². The van der Waals surface area contributed by atoms with Gasteiger partial charge in [0.05, 0.1) is 6.61 Å². The van der Waals surface area contributed by atoms with Gasteiger partial charge >= 0.3 is 5.97 Å². The molecule has 1 heterocycles. The Morgan fingerprint density at radius 3 is 2.30 bits per heavy atom. The van der Waals surface area contributed by atoms with Crippen LogP contribution in [0, 0.1) is 13.8 Å². The van der Waals surface area contributed by atoms with E-state index in [9.17, 15) is 9.59 Å². The Labute approximate surface area is 199 Å². The zero-order valence-corrected chi connectivity index (χ0v) is 20.9. The van der Waals surface area contributed by atoms with Crippen molar-refractivity contribution in [3.8, 4) is 16.9 Å². The Balaban J connectivity index is 1.81. The second-order valence-electron chi connectivity index (χ2n) is 9.03. The summed E-state index contributed by atoms with van der Waals surface area (Å²) in [5.74, 6) is -0.113. The number of rotatable bonds is 7. The number of ether oxygens (including phenoxy) is 2. The Morgan fingerprint density at radius 2 is 1.67 bits per heavy atom. The maximum absolute atomic E-state index is 12.8. The molecule has 1 amide bonds. The minimum Gasteiger partial charge on any atom is -0.483 e. The van der Waals surface area contributed by atoms with E-state index < -0.39 is 5.97 Å². The number of nitrogens with one attached hydrogen (secondary N) is 1. The quantitative estimate of drug-likeness (QED) is 0.403. The van der Waals surface area contributed by atoms with Gasteiger partial charge in [-0.2, -0.15) is 0 Å². The predicted molar refractivity (Wildman–Crippen MR) is 134 cm³/mol. The number of anilines is 1. The third-order valence-corrected chi connectivity index (χ3v) is 6.08. The molecule has 0 aliphatic rings. The Kier molecular flexibility index (Phi) is 7.59. The van der Waals surface area contributed by atoms with Crippen molar-refractivity contribution in [3.63, 3.8) is 0 Å². The van der Waals surface area contributed by atoms with Crippen LogP contribution in [0.5, 0.6) is 5.75 Å². The summed E-state index contributed by atoms with van der Waals surface area (Å²) >= 11 is 1.30. The van der Waals surface area contributed by atoms with Crippen LogP contribution in [-0.2, 0) is 14.9 Å². The molecule has 0 aliphatic heterocycles. The van der Waals surface area contributed by atoms with E-state index in [1.807, 2.05) is 55.6 Å². The highest BCUT2D eigenvalue weighted by Gasteiger charge is 2.24. The number of benzene rings is 2. The van der Waals surface area contributed by atoms with Crippen molar-refractivity contribution in [3.05, 3.63) is 70.1 Å². The first-order chi connectivity index (χ1) is 15.6. The van der Waals surface area contributed by atoms with Gasteiger partial charge in [-0.05, 0) is 43.4 Å². The molecule has 174 valence electrons. The monoisotopic (exact) mass is 465 g/mol. The van der Waals surface area contributed by atoms with Gasteiger partial charge in [-0.15, -0.1) is 11.3 Å². The zero-order chi connectivity index (χ0) is 24.2. The smallest absolute Gasteiger partial charge is 0.341 e. The van der Waals surface area contributed by atoms with Crippen molar-refractivity contribution in [2.75, 3.05) is 18.5 Å². The van der Waals surface area contributed by atoms with Crippen LogP contribution in [0.25, 0.3) is 11.1 Å². The van der Waals surface area contributed by atoms with E-state index in [4.69, 9.17) is 9.47 Å². The Hall–Kier alpha value is -3.12. The average molecular weight is 466 g/mol. The van der Waals surface area contributed by atoms with E-state index in [-0.39, 0.29) is 24.5 Å². The van der Waals surface area contributed by atoms with E-state index in [0.717, 1.165) is 27.8 Å². The molecular formula is C27H31NO4S. The number of thiophene rings is 1. The molecule has 0 atom stereocenters. The molecule has 0 saturated carbocycles. The Morgan fingerprint density at radius 1 is 1.00 bits per heavy atom. The molecule has 3 rings (SSSR count). The molecule has 0 saturated heterocycles. The molecule has 3 aromatic rings. The number of carbonyl (C=O) groups excluding carboxylic acids is 2. The number of hydrogen-bond donors (Lipinski definition) is 1. The fourth-order valence-corrected chi connectivity index (χ4v) is 4.44. The standard InChI is InChI=1S/C27H31NO4S/c1-7-31-26(30)24-20(19-11-8-17(2)9-12-19)16-33-25(24)28-23(29)15-32-22-13-10-18(3)14-21(22)27(4,5)6/h8-14,16H,7,15H2,1-6H3,(H,28,29). The molecule has 1 aromatic heterocycles. The third kappa shape index (κ3) is 6.02.